The minimum atomic E-state index is -0.900. The molecule has 150 valence electrons. The van der Waals surface area contributed by atoms with Crippen LogP contribution in [0.15, 0.2) is 16.7 Å². The largest absolute Gasteiger partial charge is 0.480 e. The summed E-state index contributed by atoms with van der Waals surface area (Å²) < 4.78 is 5.79. The van der Waals surface area contributed by atoms with E-state index in [1.54, 1.807) is 11.2 Å². The summed E-state index contributed by atoms with van der Waals surface area (Å²) in [6, 6.07) is 1.38. The third-order valence-corrected chi connectivity index (χ3v) is 6.75. The fourth-order valence-electron chi connectivity index (χ4n) is 5.04. The molecule has 2 fully saturated rings. The van der Waals surface area contributed by atoms with E-state index in [1.807, 2.05) is 13.8 Å². The maximum atomic E-state index is 13.2. The fraction of sp³-hybridized carbons (Fsp3) is 0.545. The van der Waals surface area contributed by atoms with Crippen molar-refractivity contribution in [1.29, 1.82) is 0 Å². The number of fused-ring (bicyclic) bond motifs is 1. The highest BCUT2D eigenvalue weighted by atomic mass is 16.4. The Morgan fingerprint density at radius 2 is 1.96 bits per heavy atom. The van der Waals surface area contributed by atoms with Crippen LogP contribution in [0.5, 0.6) is 0 Å². The molecule has 0 saturated carbocycles. The van der Waals surface area contributed by atoms with Crippen LogP contribution in [0.25, 0.3) is 11.0 Å². The number of carbonyl (C=O) groups excluding carboxylic acids is 1. The van der Waals surface area contributed by atoms with Crippen molar-refractivity contribution >= 4 is 22.8 Å². The number of nitrogens with zero attached hydrogens (tertiary/aromatic N) is 1. The summed E-state index contributed by atoms with van der Waals surface area (Å²) in [6.45, 7) is 8.41. The van der Waals surface area contributed by atoms with E-state index in [2.05, 4.69) is 18.3 Å². The first kappa shape index (κ1) is 19.0. The van der Waals surface area contributed by atoms with E-state index in [4.69, 9.17) is 4.42 Å². The fourth-order valence-corrected chi connectivity index (χ4v) is 5.04. The van der Waals surface area contributed by atoms with Crippen LogP contribution in [-0.2, 0) is 16.0 Å². The van der Waals surface area contributed by atoms with E-state index >= 15 is 0 Å². The molecule has 0 unspecified atom stereocenters. The second-order valence-electron chi connectivity index (χ2n) is 8.61. The molecular formula is C22H28N2O4. The van der Waals surface area contributed by atoms with Crippen molar-refractivity contribution in [3.05, 3.63) is 34.6 Å². The van der Waals surface area contributed by atoms with Crippen LogP contribution in [-0.4, -0.2) is 47.6 Å². The third kappa shape index (κ3) is 3.09. The number of carboxylic acid groups (broad SMARTS) is 1. The van der Waals surface area contributed by atoms with Crippen molar-refractivity contribution < 1.29 is 19.1 Å². The molecule has 1 aromatic carbocycles. The van der Waals surface area contributed by atoms with Gasteiger partial charge in [-0.15, -0.1) is 0 Å². The predicted molar refractivity (Wildman–Crippen MR) is 106 cm³/mol. The quantitative estimate of drug-likeness (QED) is 0.850. The lowest BCUT2D eigenvalue weighted by Crippen LogP contribution is -2.42. The molecule has 2 aliphatic heterocycles. The Balaban J connectivity index is 1.62. The van der Waals surface area contributed by atoms with Crippen LogP contribution in [0.2, 0.25) is 0 Å². The van der Waals surface area contributed by atoms with E-state index in [0.717, 1.165) is 59.2 Å². The molecule has 0 radical (unpaired) electrons. The van der Waals surface area contributed by atoms with Gasteiger partial charge in [-0.3, -0.25) is 4.79 Å². The van der Waals surface area contributed by atoms with Crippen molar-refractivity contribution in [3.8, 4) is 0 Å². The smallest absolute Gasteiger partial charge is 0.326 e. The number of nitrogens with one attached hydrogen (secondary N) is 1. The molecule has 28 heavy (non-hydrogen) atoms. The first-order chi connectivity index (χ1) is 13.3. The lowest BCUT2D eigenvalue weighted by Gasteiger charge is -2.33. The zero-order valence-corrected chi connectivity index (χ0v) is 16.8. The number of hydrogen-bond acceptors (Lipinski definition) is 4. The van der Waals surface area contributed by atoms with Gasteiger partial charge in [-0.25, -0.2) is 4.79 Å². The minimum absolute atomic E-state index is 0.0634. The van der Waals surface area contributed by atoms with Gasteiger partial charge in [-0.05, 0) is 75.2 Å². The Bertz CT molecular complexity index is 940. The standard InChI is InChI=1S/C22H28N2O4/c1-13-8-14(2)19-16(11-28-20(19)15(13)3)9-18(25)24-12-22(4-6-23-7-5-22)10-17(24)21(26)27/h8,11,17,23H,4-7,9-10,12H2,1-3H3,(H,26,27)/t17-/m1/s1. The second-order valence-corrected chi connectivity index (χ2v) is 8.61. The molecule has 1 spiro atoms. The average Bonchev–Trinajstić information content (AvgIpc) is 3.23. The third-order valence-electron chi connectivity index (χ3n) is 6.75. The molecule has 3 heterocycles. The number of benzene rings is 1. The van der Waals surface area contributed by atoms with Gasteiger partial charge in [-0.1, -0.05) is 6.07 Å². The number of furan rings is 1. The van der Waals surface area contributed by atoms with Crippen LogP contribution in [0, 0.1) is 26.2 Å². The summed E-state index contributed by atoms with van der Waals surface area (Å²) in [4.78, 5) is 26.6. The molecule has 0 aliphatic carbocycles. The Hall–Kier alpha value is -2.34. The van der Waals surface area contributed by atoms with E-state index < -0.39 is 12.0 Å². The first-order valence-corrected chi connectivity index (χ1v) is 10.0. The molecule has 2 saturated heterocycles. The number of hydrogen-bond donors (Lipinski definition) is 2. The summed E-state index contributed by atoms with van der Waals surface area (Å²) in [5.74, 6) is -1.02. The summed E-state index contributed by atoms with van der Waals surface area (Å²) >= 11 is 0. The lowest BCUT2D eigenvalue weighted by atomic mass is 9.77. The van der Waals surface area contributed by atoms with Gasteiger partial charge in [0, 0.05) is 17.5 Å². The molecule has 0 bridgehead atoms. The minimum Gasteiger partial charge on any atom is -0.480 e. The summed E-state index contributed by atoms with van der Waals surface area (Å²) in [6.07, 6.45) is 4.24. The van der Waals surface area contributed by atoms with E-state index in [-0.39, 0.29) is 17.7 Å². The molecule has 1 amide bonds. The molecule has 2 aromatic rings. The maximum Gasteiger partial charge on any atom is 0.326 e. The maximum absolute atomic E-state index is 13.2. The normalized spacial score (nSPS) is 21.5. The molecule has 1 aromatic heterocycles. The molecule has 6 heteroatoms. The highest BCUT2D eigenvalue weighted by molar-refractivity contribution is 5.93. The van der Waals surface area contributed by atoms with Gasteiger partial charge in [0.1, 0.15) is 11.6 Å². The summed E-state index contributed by atoms with van der Waals surface area (Å²) in [7, 11) is 0. The van der Waals surface area contributed by atoms with Crippen molar-refractivity contribution in [3.63, 3.8) is 0 Å². The number of carbonyl (C=O) groups is 2. The SMILES string of the molecule is Cc1cc(C)c2c(CC(=O)N3CC4(CCNCC4)C[C@@H]3C(=O)O)coc2c1C. The van der Waals surface area contributed by atoms with E-state index in [0.29, 0.717) is 13.0 Å². The number of likely N-dealkylation sites (tertiary alicyclic amines) is 1. The lowest BCUT2D eigenvalue weighted by molar-refractivity contribution is -0.147. The highest BCUT2D eigenvalue weighted by Gasteiger charge is 2.48. The molecule has 2 N–H and O–H groups in total. The summed E-state index contributed by atoms with van der Waals surface area (Å²) in [5.41, 5.74) is 4.93. The van der Waals surface area contributed by atoms with E-state index in [9.17, 15) is 14.7 Å². The number of carboxylic acids is 1. The van der Waals surface area contributed by atoms with Crippen molar-refractivity contribution in [2.45, 2.75) is 52.5 Å². The van der Waals surface area contributed by atoms with Crippen molar-refractivity contribution in [2.75, 3.05) is 19.6 Å². The molecule has 6 nitrogen and oxygen atoms in total. The van der Waals surface area contributed by atoms with Gasteiger partial charge in [0.05, 0.1) is 12.7 Å². The average molecular weight is 384 g/mol. The zero-order chi connectivity index (χ0) is 20.1. The number of aryl methyl sites for hydroxylation is 3. The van der Waals surface area contributed by atoms with Gasteiger partial charge >= 0.3 is 5.97 Å². The zero-order valence-electron chi connectivity index (χ0n) is 16.8. The van der Waals surface area contributed by atoms with Crippen LogP contribution in [0.4, 0.5) is 0 Å². The van der Waals surface area contributed by atoms with E-state index in [1.165, 1.54) is 0 Å². The highest BCUT2D eigenvalue weighted by Crippen LogP contribution is 2.42. The number of piperidine rings is 1. The molecule has 2 aliphatic rings. The Morgan fingerprint density at radius 1 is 1.25 bits per heavy atom. The Kier molecular flexibility index (Phi) is 4.70. The molecular weight excluding hydrogens is 356 g/mol. The molecule has 1 atom stereocenters. The number of amides is 1. The topological polar surface area (TPSA) is 82.8 Å². The van der Waals surface area contributed by atoms with Crippen LogP contribution < -0.4 is 5.32 Å². The Labute approximate surface area is 164 Å². The van der Waals surface area contributed by atoms with Gasteiger partial charge in [0.25, 0.3) is 0 Å². The van der Waals surface area contributed by atoms with Gasteiger partial charge in [0.2, 0.25) is 5.91 Å². The summed E-state index contributed by atoms with van der Waals surface area (Å²) in [5, 5.41) is 14.0. The van der Waals surface area contributed by atoms with Crippen LogP contribution in [0.1, 0.15) is 41.5 Å². The first-order valence-electron chi connectivity index (χ1n) is 10.0. The van der Waals surface area contributed by atoms with Crippen molar-refractivity contribution in [1.82, 2.24) is 10.2 Å². The monoisotopic (exact) mass is 384 g/mol. The second kappa shape index (κ2) is 6.92. The molecule has 4 rings (SSSR count). The van der Waals surface area contributed by atoms with Gasteiger partial charge in [0.15, 0.2) is 0 Å². The number of rotatable bonds is 3. The van der Waals surface area contributed by atoms with Crippen LogP contribution in [0.3, 0.4) is 0 Å². The Morgan fingerprint density at radius 3 is 2.64 bits per heavy atom. The predicted octanol–water partition coefficient (Wildman–Crippen LogP) is 2.96. The van der Waals surface area contributed by atoms with Crippen LogP contribution >= 0.6 is 0 Å². The van der Waals surface area contributed by atoms with Gasteiger partial charge in [-0.2, -0.15) is 0 Å². The van der Waals surface area contributed by atoms with Gasteiger partial charge < -0.3 is 19.7 Å². The van der Waals surface area contributed by atoms with Crippen molar-refractivity contribution in [2.24, 2.45) is 5.41 Å². The number of aliphatic carboxylic acids is 1.